The van der Waals surface area contributed by atoms with Crippen molar-refractivity contribution in [3.8, 4) is 11.6 Å². The van der Waals surface area contributed by atoms with Crippen LogP contribution in [0.15, 0.2) is 18.2 Å². The van der Waals surface area contributed by atoms with E-state index >= 15 is 0 Å². The maximum atomic E-state index is 5.97. The number of rotatable bonds is 5. The Morgan fingerprint density at radius 1 is 1.19 bits per heavy atom. The van der Waals surface area contributed by atoms with Gasteiger partial charge in [0.25, 0.3) is 0 Å². The van der Waals surface area contributed by atoms with Crippen molar-refractivity contribution in [2.75, 3.05) is 11.9 Å². The van der Waals surface area contributed by atoms with E-state index < -0.39 is 0 Å². The lowest BCUT2D eigenvalue weighted by Crippen LogP contribution is -2.07. The second-order valence-corrected chi connectivity index (χ2v) is 5.25. The van der Waals surface area contributed by atoms with Gasteiger partial charge in [0.05, 0.1) is 5.56 Å². The average Bonchev–Trinajstić information content (AvgIpc) is 2.46. The zero-order valence-electron chi connectivity index (χ0n) is 12.8. The molecule has 0 amide bonds. The Kier molecular flexibility index (Phi) is 5.02. The van der Waals surface area contributed by atoms with E-state index in [2.05, 4.69) is 15.3 Å². The third-order valence-corrected chi connectivity index (χ3v) is 3.39. The molecule has 0 saturated carbocycles. The van der Waals surface area contributed by atoms with Crippen molar-refractivity contribution in [3.05, 3.63) is 40.2 Å². The minimum absolute atomic E-state index is 0.586. The molecule has 1 N–H and O–H groups in total. The van der Waals surface area contributed by atoms with E-state index in [4.69, 9.17) is 16.3 Å². The van der Waals surface area contributed by atoms with Gasteiger partial charge in [-0.15, -0.1) is 0 Å². The molecule has 0 aliphatic heterocycles. The van der Waals surface area contributed by atoms with Crippen LogP contribution in [0, 0.1) is 13.8 Å². The number of hydrogen-bond donors (Lipinski definition) is 1. The van der Waals surface area contributed by atoms with Crippen molar-refractivity contribution in [2.24, 2.45) is 0 Å². The van der Waals surface area contributed by atoms with Gasteiger partial charge in [-0.25, -0.2) is 4.98 Å². The second-order valence-electron chi connectivity index (χ2n) is 4.81. The van der Waals surface area contributed by atoms with E-state index in [-0.39, 0.29) is 0 Å². The summed E-state index contributed by atoms with van der Waals surface area (Å²) in [5, 5.41) is 3.94. The Hall–Kier alpha value is -1.81. The molecule has 0 aliphatic carbocycles. The van der Waals surface area contributed by atoms with Gasteiger partial charge in [0, 0.05) is 18.0 Å². The Balaban J connectivity index is 2.40. The van der Waals surface area contributed by atoms with E-state index in [0.29, 0.717) is 10.9 Å². The molecule has 2 aromatic rings. The van der Waals surface area contributed by atoms with E-state index in [1.54, 1.807) is 0 Å². The first kappa shape index (κ1) is 15.6. The molecule has 0 bridgehead atoms. The maximum absolute atomic E-state index is 5.97. The van der Waals surface area contributed by atoms with Gasteiger partial charge in [0.1, 0.15) is 17.4 Å². The predicted molar refractivity (Wildman–Crippen MR) is 86.6 cm³/mol. The van der Waals surface area contributed by atoms with E-state index in [0.717, 1.165) is 41.5 Å². The Labute approximate surface area is 130 Å². The van der Waals surface area contributed by atoms with Gasteiger partial charge in [0.2, 0.25) is 5.88 Å². The lowest BCUT2D eigenvalue weighted by molar-refractivity contribution is 0.452. The molecule has 0 fully saturated rings. The Morgan fingerprint density at radius 2 is 1.95 bits per heavy atom. The number of hydrogen-bond acceptors (Lipinski definition) is 4. The van der Waals surface area contributed by atoms with Crippen molar-refractivity contribution < 1.29 is 4.74 Å². The summed E-state index contributed by atoms with van der Waals surface area (Å²) in [7, 11) is 0. The fourth-order valence-electron chi connectivity index (χ4n) is 1.97. The highest BCUT2D eigenvalue weighted by Crippen LogP contribution is 2.30. The minimum Gasteiger partial charge on any atom is -0.438 e. The second kappa shape index (κ2) is 6.76. The first-order valence-corrected chi connectivity index (χ1v) is 7.48. The summed E-state index contributed by atoms with van der Waals surface area (Å²) in [6.07, 6.45) is 0.759. The molecule has 4 nitrogen and oxygen atoms in total. The van der Waals surface area contributed by atoms with Gasteiger partial charge in [-0.2, -0.15) is 4.98 Å². The fourth-order valence-corrected chi connectivity index (χ4v) is 2.20. The standard InChI is InChI=1S/C16H20ClN3O/c1-5-14-19-15(18-6-2)11(4)16(20-14)21-13-8-7-12(17)9-10(13)3/h7-9H,5-6H2,1-4H3,(H,18,19,20). The quantitative estimate of drug-likeness (QED) is 0.881. The number of aromatic nitrogens is 2. The van der Waals surface area contributed by atoms with Crippen molar-refractivity contribution in [1.82, 2.24) is 9.97 Å². The van der Waals surface area contributed by atoms with Crippen LogP contribution < -0.4 is 10.1 Å². The van der Waals surface area contributed by atoms with Gasteiger partial charge < -0.3 is 10.1 Å². The monoisotopic (exact) mass is 305 g/mol. The van der Waals surface area contributed by atoms with Crippen molar-refractivity contribution in [2.45, 2.75) is 34.1 Å². The van der Waals surface area contributed by atoms with Crippen LogP contribution in [0.4, 0.5) is 5.82 Å². The molecule has 2 rings (SSSR count). The molecule has 0 aliphatic rings. The van der Waals surface area contributed by atoms with Crippen molar-refractivity contribution in [3.63, 3.8) is 0 Å². The molecule has 1 aromatic carbocycles. The summed E-state index contributed by atoms with van der Waals surface area (Å²) in [6.45, 7) is 8.79. The maximum Gasteiger partial charge on any atom is 0.227 e. The molecule has 5 heteroatoms. The number of aryl methyl sites for hydroxylation is 2. The number of nitrogens with one attached hydrogen (secondary N) is 1. The van der Waals surface area contributed by atoms with Crippen LogP contribution >= 0.6 is 11.6 Å². The van der Waals surface area contributed by atoms with Crippen LogP contribution in [-0.4, -0.2) is 16.5 Å². The number of benzene rings is 1. The minimum atomic E-state index is 0.586. The van der Waals surface area contributed by atoms with E-state index in [1.807, 2.05) is 45.9 Å². The number of halogens is 1. The van der Waals surface area contributed by atoms with Crippen LogP contribution in [0.1, 0.15) is 30.8 Å². The molecule has 21 heavy (non-hydrogen) atoms. The smallest absolute Gasteiger partial charge is 0.227 e. The molecule has 0 spiro atoms. The van der Waals surface area contributed by atoms with Crippen LogP contribution in [0.3, 0.4) is 0 Å². The molecule has 0 saturated heterocycles. The van der Waals surface area contributed by atoms with Gasteiger partial charge in [-0.1, -0.05) is 18.5 Å². The van der Waals surface area contributed by atoms with Crippen LogP contribution in [0.25, 0.3) is 0 Å². The lowest BCUT2D eigenvalue weighted by atomic mass is 10.2. The first-order valence-electron chi connectivity index (χ1n) is 7.10. The summed E-state index contributed by atoms with van der Waals surface area (Å²) in [5.41, 5.74) is 1.88. The fraction of sp³-hybridized carbons (Fsp3) is 0.375. The number of anilines is 1. The van der Waals surface area contributed by atoms with Crippen molar-refractivity contribution >= 4 is 17.4 Å². The molecule has 0 atom stereocenters. The van der Waals surface area contributed by atoms with E-state index in [9.17, 15) is 0 Å². The molecule has 1 heterocycles. The van der Waals surface area contributed by atoms with Crippen molar-refractivity contribution in [1.29, 1.82) is 0 Å². The van der Waals surface area contributed by atoms with Crippen LogP contribution in [0.2, 0.25) is 5.02 Å². The van der Waals surface area contributed by atoms with Gasteiger partial charge in [-0.3, -0.25) is 0 Å². The lowest BCUT2D eigenvalue weighted by Gasteiger charge is -2.14. The highest BCUT2D eigenvalue weighted by Gasteiger charge is 2.13. The van der Waals surface area contributed by atoms with Gasteiger partial charge in [0.15, 0.2) is 0 Å². The summed E-state index contributed by atoms with van der Waals surface area (Å²) in [5.74, 6) is 2.93. The highest BCUT2D eigenvalue weighted by atomic mass is 35.5. The summed E-state index contributed by atoms with van der Waals surface area (Å²) >= 11 is 5.97. The normalized spacial score (nSPS) is 10.5. The van der Waals surface area contributed by atoms with Crippen LogP contribution in [-0.2, 0) is 6.42 Å². The zero-order valence-corrected chi connectivity index (χ0v) is 13.6. The number of ether oxygens (including phenoxy) is 1. The topological polar surface area (TPSA) is 47.0 Å². The first-order chi connectivity index (χ1) is 10.0. The number of nitrogens with zero attached hydrogens (tertiary/aromatic N) is 2. The average molecular weight is 306 g/mol. The van der Waals surface area contributed by atoms with Gasteiger partial charge >= 0.3 is 0 Å². The predicted octanol–water partition coefficient (Wildman–Crippen LogP) is 4.53. The molecule has 1 aromatic heterocycles. The molecule has 0 unspecified atom stereocenters. The molecular weight excluding hydrogens is 286 g/mol. The molecule has 0 radical (unpaired) electrons. The van der Waals surface area contributed by atoms with Crippen LogP contribution in [0.5, 0.6) is 11.6 Å². The SMILES string of the molecule is CCNc1nc(CC)nc(Oc2ccc(Cl)cc2C)c1C. The van der Waals surface area contributed by atoms with E-state index in [1.165, 1.54) is 0 Å². The largest absolute Gasteiger partial charge is 0.438 e. The summed E-state index contributed by atoms with van der Waals surface area (Å²) < 4.78 is 5.97. The summed E-state index contributed by atoms with van der Waals surface area (Å²) in [4.78, 5) is 8.98. The zero-order chi connectivity index (χ0) is 15.4. The highest BCUT2D eigenvalue weighted by molar-refractivity contribution is 6.30. The summed E-state index contributed by atoms with van der Waals surface area (Å²) in [6, 6.07) is 5.55. The Morgan fingerprint density at radius 3 is 2.57 bits per heavy atom. The molecule has 112 valence electrons. The van der Waals surface area contributed by atoms with Gasteiger partial charge in [-0.05, 0) is 44.5 Å². The third-order valence-electron chi connectivity index (χ3n) is 3.15. The third kappa shape index (κ3) is 3.64. The Bertz CT molecular complexity index is 644. The molecular formula is C16H20ClN3O.